The third-order valence-corrected chi connectivity index (χ3v) is 6.79. The molecule has 174 valence electrons. The average Bonchev–Trinajstić information content (AvgIpc) is 3.39. The van der Waals surface area contributed by atoms with Crippen molar-refractivity contribution in [1.82, 2.24) is 9.13 Å². The fourth-order valence-corrected chi connectivity index (χ4v) is 5.13. The van der Waals surface area contributed by atoms with Gasteiger partial charge >= 0.3 is 0 Å². The van der Waals surface area contributed by atoms with E-state index in [4.69, 9.17) is 6.42 Å². The minimum Gasteiger partial charge on any atom is -0.340 e. The summed E-state index contributed by atoms with van der Waals surface area (Å²) in [5, 5.41) is 4.95. The van der Waals surface area contributed by atoms with E-state index in [-0.39, 0.29) is 0 Å². The van der Waals surface area contributed by atoms with Gasteiger partial charge in [0.2, 0.25) is 0 Å². The molecule has 0 amide bonds. The molecule has 0 saturated carbocycles. The molecular formula is C34H28N2. The molecular weight excluding hydrogens is 436 g/mol. The Labute approximate surface area is 213 Å². The van der Waals surface area contributed by atoms with E-state index in [1.54, 1.807) is 0 Å². The Bertz CT molecular complexity index is 1800. The third-order valence-electron chi connectivity index (χ3n) is 6.79. The van der Waals surface area contributed by atoms with Gasteiger partial charge < -0.3 is 4.57 Å². The first-order valence-electron chi connectivity index (χ1n) is 12.7. The number of hydrogen-bond acceptors (Lipinski definition) is 0. The van der Waals surface area contributed by atoms with Gasteiger partial charge in [-0.3, -0.25) is 4.57 Å². The van der Waals surface area contributed by atoms with E-state index >= 15 is 0 Å². The molecule has 2 heterocycles. The SMILES string of the molecule is C#CC#CC#CC#Cn1c2ccccc2c2cc3c(cc21)c1ccccc1n3CCCCCCCC. The average molecular weight is 465 g/mol. The first-order valence-corrected chi connectivity index (χ1v) is 12.7. The molecule has 0 fully saturated rings. The van der Waals surface area contributed by atoms with Crippen LogP contribution in [0, 0.1) is 48.0 Å². The lowest BCUT2D eigenvalue weighted by molar-refractivity contribution is 0.571. The Hall–Kier alpha value is -4.50. The summed E-state index contributed by atoms with van der Waals surface area (Å²) in [5.41, 5.74) is 4.76. The van der Waals surface area contributed by atoms with E-state index in [1.807, 2.05) is 4.57 Å². The molecule has 0 saturated heterocycles. The highest BCUT2D eigenvalue weighted by Gasteiger charge is 2.16. The van der Waals surface area contributed by atoms with E-state index in [0.29, 0.717) is 0 Å². The number of aromatic nitrogens is 2. The number of aryl methyl sites for hydroxylation is 1. The molecule has 0 atom stereocenters. The van der Waals surface area contributed by atoms with Crippen LogP contribution in [0.15, 0.2) is 60.7 Å². The van der Waals surface area contributed by atoms with Crippen molar-refractivity contribution in [1.29, 1.82) is 0 Å². The molecule has 0 unspecified atom stereocenters. The lowest BCUT2D eigenvalue weighted by Gasteiger charge is -2.08. The van der Waals surface area contributed by atoms with E-state index in [1.165, 1.54) is 71.1 Å². The molecule has 0 N–H and O–H groups in total. The molecule has 2 heteroatoms. The topological polar surface area (TPSA) is 9.86 Å². The zero-order valence-electron chi connectivity index (χ0n) is 20.7. The molecule has 0 bridgehead atoms. The summed E-state index contributed by atoms with van der Waals surface area (Å²) in [4.78, 5) is 0. The lowest BCUT2D eigenvalue weighted by Crippen LogP contribution is -1.97. The summed E-state index contributed by atoms with van der Waals surface area (Å²) < 4.78 is 4.56. The maximum Gasteiger partial charge on any atom is 0.0633 e. The van der Waals surface area contributed by atoms with E-state index in [9.17, 15) is 0 Å². The minimum absolute atomic E-state index is 1.04. The summed E-state index contributed by atoms with van der Waals surface area (Å²) in [6.45, 7) is 3.30. The summed E-state index contributed by atoms with van der Waals surface area (Å²) in [6, 6.07) is 25.1. The Morgan fingerprint density at radius 3 is 2.03 bits per heavy atom. The second-order valence-corrected chi connectivity index (χ2v) is 9.06. The van der Waals surface area contributed by atoms with Gasteiger partial charge in [-0.1, -0.05) is 75.4 Å². The molecule has 0 spiro atoms. The van der Waals surface area contributed by atoms with Gasteiger partial charge in [0.15, 0.2) is 0 Å². The highest BCUT2D eigenvalue weighted by molar-refractivity contribution is 6.18. The first kappa shape index (κ1) is 23.3. The second-order valence-electron chi connectivity index (χ2n) is 9.06. The van der Waals surface area contributed by atoms with Gasteiger partial charge in [-0.2, -0.15) is 0 Å². The number of fused-ring (bicyclic) bond motifs is 6. The van der Waals surface area contributed by atoms with Crippen molar-refractivity contribution in [2.75, 3.05) is 0 Å². The van der Waals surface area contributed by atoms with Crippen molar-refractivity contribution >= 4 is 43.6 Å². The van der Waals surface area contributed by atoms with E-state index in [0.717, 1.165) is 17.6 Å². The second kappa shape index (κ2) is 10.8. The molecule has 5 rings (SSSR count). The van der Waals surface area contributed by atoms with E-state index < -0.39 is 0 Å². The summed E-state index contributed by atoms with van der Waals surface area (Å²) in [6.07, 6.45) is 12.9. The smallest absolute Gasteiger partial charge is 0.0633 e. The fraction of sp³-hybridized carbons (Fsp3) is 0.235. The molecule has 5 aromatic rings. The normalized spacial score (nSPS) is 10.4. The van der Waals surface area contributed by atoms with Crippen molar-refractivity contribution in [2.45, 2.75) is 52.0 Å². The predicted octanol–water partition coefficient (Wildman–Crippen LogP) is 7.71. The Kier molecular flexibility index (Phi) is 7.00. The Morgan fingerprint density at radius 2 is 1.22 bits per heavy atom. The predicted molar refractivity (Wildman–Crippen MR) is 153 cm³/mol. The molecule has 0 aliphatic rings. The monoisotopic (exact) mass is 464 g/mol. The van der Waals surface area contributed by atoms with Gasteiger partial charge in [0.25, 0.3) is 0 Å². The Morgan fingerprint density at radius 1 is 0.611 bits per heavy atom. The van der Waals surface area contributed by atoms with Crippen molar-refractivity contribution in [3.63, 3.8) is 0 Å². The van der Waals surface area contributed by atoms with Crippen LogP contribution in [0.1, 0.15) is 45.4 Å². The van der Waals surface area contributed by atoms with Crippen LogP contribution in [0.25, 0.3) is 43.6 Å². The number of benzene rings is 3. The largest absolute Gasteiger partial charge is 0.340 e. The van der Waals surface area contributed by atoms with Crippen LogP contribution in [-0.4, -0.2) is 9.13 Å². The van der Waals surface area contributed by atoms with Gasteiger partial charge in [0.05, 0.1) is 11.0 Å². The van der Waals surface area contributed by atoms with Gasteiger partial charge in [0, 0.05) is 62.9 Å². The van der Waals surface area contributed by atoms with Crippen LogP contribution in [0.5, 0.6) is 0 Å². The zero-order valence-corrected chi connectivity index (χ0v) is 20.7. The van der Waals surface area contributed by atoms with Crippen LogP contribution in [0.2, 0.25) is 0 Å². The maximum atomic E-state index is 5.15. The zero-order chi connectivity index (χ0) is 24.7. The van der Waals surface area contributed by atoms with Gasteiger partial charge in [-0.25, -0.2) is 0 Å². The highest BCUT2D eigenvalue weighted by Crippen LogP contribution is 2.36. The van der Waals surface area contributed by atoms with Gasteiger partial charge in [-0.05, 0) is 48.4 Å². The highest BCUT2D eigenvalue weighted by atomic mass is 15.0. The van der Waals surface area contributed by atoms with E-state index in [2.05, 4.69) is 114 Å². The Balaban J connectivity index is 1.65. The first-order chi connectivity index (χ1) is 17.8. The molecule has 2 aromatic heterocycles. The third kappa shape index (κ3) is 4.44. The number of hydrogen-bond donors (Lipinski definition) is 0. The van der Waals surface area contributed by atoms with Crippen molar-refractivity contribution in [3.05, 3.63) is 60.7 Å². The van der Waals surface area contributed by atoms with Crippen molar-refractivity contribution in [3.8, 4) is 48.0 Å². The quantitative estimate of drug-likeness (QED) is 0.172. The van der Waals surface area contributed by atoms with Gasteiger partial charge in [-0.15, -0.1) is 6.42 Å². The van der Waals surface area contributed by atoms with Crippen LogP contribution >= 0.6 is 0 Å². The fourth-order valence-electron chi connectivity index (χ4n) is 5.13. The van der Waals surface area contributed by atoms with Crippen molar-refractivity contribution in [2.24, 2.45) is 0 Å². The van der Waals surface area contributed by atoms with Crippen molar-refractivity contribution < 1.29 is 0 Å². The number of para-hydroxylation sites is 2. The molecule has 3 aromatic carbocycles. The maximum absolute atomic E-state index is 5.15. The standard InChI is InChI=1S/C34H28N2/c1-3-5-7-9-11-17-23-35-31-21-15-13-19-27(31)29-26-34-30(25-33(29)35)28-20-14-16-22-32(28)36(34)24-18-12-10-8-6-4-2/h1,13-16,19-22,25-26H,4,6,8,10,12,18,24H2,2H3. The molecule has 2 nitrogen and oxygen atoms in total. The number of nitrogens with zero attached hydrogens (tertiary/aromatic N) is 2. The summed E-state index contributed by atoms with van der Waals surface area (Å²) >= 11 is 0. The molecule has 0 aliphatic heterocycles. The molecule has 0 radical (unpaired) electrons. The van der Waals surface area contributed by atoms with Crippen LogP contribution in [0.4, 0.5) is 0 Å². The van der Waals surface area contributed by atoms with Gasteiger partial charge in [0.1, 0.15) is 0 Å². The molecule has 36 heavy (non-hydrogen) atoms. The summed E-state index contributed by atoms with van der Waals surface area (Å²) in [5.74, 6) is 15.8. The van der Waals surface area contributed by atoms with Crippen LogP contribution in [0.3, 0.4) is 0 Å². The minimum atomic E-state index is 1.04. The number of rotatable bonds is 7. The molecule has 0 aliphatic carbocycles. The lowest BCUT2D eigenvalue weighted by atomic mass is 10.1. The number of terminal acetylenes is 1. The van der Waals surface area contributed by atoms with Crippen LogP contribution < -0.4 is 0 Å². The number of unbranched alkanes of at least 4 members (excludes halogenated alkanes) is 5. The summed E-state index contributed by atoms with van der Waals surface area (Å²) in [7, 11) is 0. The van der Waals surface area contributed by atoms with Crippen LogP contribution in [-0.2, 0) is 6.54 Å².